The second kappa shape index (κ2) is 6.18. The van der Waals surface area contributed by atoms with Crippen molar-refractivity contribution in [1.82, 2.24) is 15.5 Å². The average Bonchev–Trinajstić information content (AvgIpc) is 2.86. The summed E-state index contributed by atoms with van der Waals surface area (Å²) in [6.07, 6.45) is 0.884. The first-order valence-electron chi connectivity index (χ1n) is 6.67. The van der Waals surface area contributed by atoms with Crippen molar-refractivity contribution in [3.63, 3.8) is 0 Å². The molecule has 2 amide bonds. The molecule has 0 spiro atoms. The predicted molar refractivity (Wildman–Crippen MR) is 77.2 cm³/mol. The Labute approximate surface area is 116 Å². The van der Waals surface area contributed by atoms with Gasteiger partial charge in [0.25, 0.3) is 0 Å². The van der Waals surface area contributed by atoms with E-state index in [0.29, 0.717) is 25.2 Å². The van der Waals surface area contributed by atoms with Crippen LogP contribution >= 0.6 is 0 Å². The first kappa shape index (κ1) is 14.0. The normalized spacial score (nSPS) is 10.5. The molecule has 1 aromatic heterocycles. The van der Waals surface area contributed by atoms with Gasteiger partial charge < -0.3 is 10.6 Å². The molecule has 0 bridgehead atoms. The number of aromatic amines is 1. The van der Waals surface area contributed by atoms with Crippen molar-refractivity contribution in [1.29, 1.82) is 0 Å². The van der Waals surface area contributed by atoms with Crippen LogP contribution in [-0.4, -0.2) is 22.0 Å². The van der Waals surface area contributed by atoms with Crippen molar-refractivity contribution >= 4 is 28.5 Å². The highest BCUT2D eigenvalue weighted by Crippen LogP contribution is 2.21. The highest BCUT2D eigenvalue weighted by Gasteiger charge is 2.08. The quantitative estimate of drug-likeness (QED) is 0.778. The molecule has 20 heavy (non-hydrogen) atoms. The maximum atomic E-state index is 11.4. The smallest absolute Gasteiger partial charge is 0.225 e. The summed E-state index contributed by atoms with van der Waals surface area (Å²) in [4.78, 5) is 22.6. The molecule has 0 unspecified atom stereocenters. The number of rotatable bonds is 5. The van der Waals surface area contributed by atoms with Crippen LogP contribution in [0.1, 0.15) is 32.3 Å². The second-order valence-electron chi connectivity index (χ2n) is 4.48. The summed E-state index contributed by atoms with van der Waals surface area (Å²) in [5.41, 5.74) is 1.82. The molecule has 2 aromatic rings. The Morgan fingerprint density at radius 3 is 2.65 bits per heavy atom. The molecule has 0 fully saturated rings. The molecule has 2 rings (SSSR count). The van der Waals surface area contributed by atoms with Gasteiger partial charge in [0.05, 0.1) is 5.52 Å². The number of amides is 2. The molecule has 6 heteroatoms. The number of hydrogen-bond acceptors (Lipinski definition) is 3. The Morgan fingerprint density at radius 2 is 1.95 bits per heavy atom. The van der Waals surface area contributed by atoms with Gasteiger partial charge in [-0.3, -0.25) is 14.7 Å². The van der Waals surface area contributed by atoms with E-state index in [4.69, 9.17) is 0 Å². The molecule has 0 aliphatic rings. The van der Waals surface area contributed by atoms with Crippen LogP contribution < -0.4 is 10.6 Å². The third-order valence-electron chi connectivity index (χ3n) is 3.02. The minimum absolute atomic E-state index is 0.0191. The summed E-state index contributed by atoms with van der Waals surface area (Å²) in [5, 5.41) is 13.4. The zero-order chi connectivity index (χ0) is 14.5. The van der Waals surface area contributed by atoms with E-state index in [9.17, 15) is 9.59 Å². The van der Waals surface area contributed by atoms with Crippen LogP contribution in [0.4, 0.5) is 5.82 Å². The summed E-state index contributed by atoms with van der Waals surface area (Å²) < 4.78 is 0. The van der Waals surface area contributed by atoms with Crippen LogP contribution in [0.15, 0.2) is 18.2 Å². The number of hydrogen-bond donors (Lipinski definition) is 3. The lowest BCUT2D eigenvalue weighted by Gasteiger charge is -2.04. The molecule has 0 saturated carbocycles. The van der Waals surface area contributed by atoms with Gasteiger partial charge >= 0.3 is 0 Å². The average molecular weight is 274 g/mol. The number of H-pyrrole nitrogens is 1. The zero-order valence-corrected chi connectivity index (χ0v) is 11.6. The molecule has 0 aliphatic carbocycles. The van der Waals surface area contributed by atoms with Gasteiger partial charge in [-0.1, -0.05) is 19.9 Å². The van der Waals surface area contributed by atoms with Crippen LogP contribution in [0, 0.1) is 0 Å². The van der Waals surface area contributed by atoms with E-state index in [1.165, 1.54) is 0 Å². The molecule has 0 atom stereocenters. The van der Waals surface area contributed by atoms with E-state index in [-0.39, 0.29) is 11.8 Å². The Balaban J connectivity index is 2.15. The fourth-order valence-electron chi connectivity index (χ4n) is 1.82. The Bertz CT molecular complexity index is 633. The molecule has 0 radical (unpaired) electrons. The Kier molecular flexibility index (Phi) is 4.34. The molecular formula is C14H18N4O2. The van der Waals surface area contributed by atoms with Gasteiger partial charge in [-0.25, -0.2) is 0 Å². The summed E-state index contributed by atoms with van der Waals surface area (Å²) in [6.45, 7) is 4.09. The molecule has 106 valence electrons. The SMILES string of the molecule is CCC(=O)NCc1ccc2c(NC(=O)CC)n[nH]c2c1. The number of fused-ring (bicyclic) bond motifs is 1. The minimum Gasteiger partial charge on any atom is -0.352 e. The summed E-state index contributed by atoms with van der Waals surface area (Å²) in [6, 6.07) is 5.72. The largest absolute Gasteiger partial charge is 0.352 e. The van der Waals surface area contributed by atoms with E-state index in [2.05, 4.69) is 20.8 Å². The van der Waals surface area contributed by atoms with E-state index >= 15 is 0 Å². The molecule has 6 nitrogen and oxygen atoms in total. The fraction of sp³-hybridized carbons (Fsp3) is 0.357. The van der Waals surface area contributed by atoms with E-state index in [1.54, 1.807) is 6.92 Å². The summed E-state index contributed by atoms with van der Waals surface area (Å²) in [7, 11) is 0. The van der Waals surface area contributed by atoms with Gasteiger partial charge in [0.1, 0.15) is 0 Å². The van der Waals surface area contributed by atoms with Crippen LogP contribution in [0.2, 0.25) is 0 Å². The van der Waals surface area contributed by atoms with Crippen LogP contribution in [-0.2, 0) is 16.1 Å². The van der Waals surface area contributed by atoms with Crippen molar-refractivity contribution < 1.29 is 9.59 Å². The van der Waals surface area contributed by atoms with E-state index < -0.39 is 0 Å². The monoisotopic (exact) mass is 274 g/mol. The van der Waals surface area contributed by atoms with Crippen molar-refractivity contribution in [3.05, 3.63) is 23.8 Å². The zero-order valence-electron chi connectivity index (χ0n) is 11.6. The van der Waals surface area contributed by atoms with Crippen molar-refractivity contribution in [2.24, 2.45) is 0 Å². The number of nitrogens with one attached hydrogen (secondary N) is 3. The molecule has 0 saturated heterocycles. The van der Waals surface area contributed by atoms with Gasteiger partial charge in [0.15, 0.2) is 5.82 Å². The lowest BCUT2D eigenvalue weighted by molar-refractivity contribution is -0.121. The predicted octanol–water partition coefficient (Wildman–Crippen LogP) is 1.94. The maximum Gasteiger partial charge on any atom is 0.225 e. The van der Waals surface area contributed by atoms with Crippen LogP contribution in [0.3, 0.4) is 0 Å². The van der Waals surface area contributed by atoms with Crippen molar-refractivity contribution in [2.45, 2.75) is 33.2 Å². The van der Waals surface area contributed by atoms with Crippen LogP contribution in [0.5, 0.6) is 0 Å². The number of carbonyl (C=O) groups excluding carboxylic acids is 2. The summed E-state index contributed by atoms with van der Waals surface area (Å²) >= 11 is 0. The number of carbonyl (C=O) groups is 2. The van der Waals surface area contributed by atoms with E-state index in [0.717, 1.165) is 16.5 Å². The van der Waals surface area contributed by atoms with Gasteiger partial charge in [0, 0.05) is 24.8 Å². The molecular weight excluding hydrogens is 256 g/mol. The van der Waals surface area contributed by atoms with Gasteiger partial charge in [0.2, 0.25) is 11.8 Å². The molecule has 1 aromatic carbocycles. The lowest BCUT2D eigenvalue weighted by Crippen LogP contribution is -2.21. The number of nitrogens with zero attached hydrogens (tertiary/aromatic N) is 1. The fourth-order valence-corrected chi connectivity index (χ4v) is 1.82. The van der Waals surface area contributed by atoms with Crippen LogP contribution in [0.25, 0.3) is 10.9 Å². The van der Waals surface area contributed by atoms with Crippen molar-refractivity contribution in [2.75, 3.05) is 5.32 Å². The molecule has 1 heterocycles. The number of anilines is 1. The third kappa shape index (κ3) is 3.14. The number of benzene rings is 1. The third-order valence-corrected chi connectivity index (χ3v) is 3.02. The maximum absolute atomic E-state index is 11.4. The van der Waals surface area contributed by atoms with Crippen molar-refractivity contribution in [3.8, 4) is 0 Å². The Hall–Kier alpha value is -2.37. The molecule has 0 aliphatic heterocycles. The first-order chi connectivity index (χ1) is 9.63. The Morgan fingerprint density at radius 1 is 1.20 bits per heavy atom. The molecule has 3 N–H and O–H groups in total. The lowest BCUT2D eigenvalue weighted by atomic mass is 10.1. The number of aromatic nitrogens is 2. The minimum atomic E-state index is -0.0716. The standard InChI is InChI=1S/C14H18N4O2/c1-3-12(19)15-8-9-5-6-10-11(7-9)17-18-14(10)16-13(20)4-2/h5-7H,3-4,8H2,1-2H3,(H,15,19)(H2,16,17,18,20). The van der Waals surface area contributed by atoms with Gasteiger partial charge in [-0.2, -0.15) is 5.10 Å². The second-order valence-corrected chi connectivity index (χ2v) is 4.48. The highest BCUT2D eigenvalue weighted by atomic mass is 16.2. The van der Waals surface area contributed by atoms with E-state index in [1.807, 2.05) is 25.1 Å². The highest BCUT2D eigenvalue weighted by molar-refractivity contribution is 5.99. The van der Waals surface area contributed by atoms with Gasteiger partial charge in [-0.05, 0) is 17.7 Å². The first-order valence-corrected chi connectivity index (χ1v) is 6.67. The van der Waals surface area contributed by atoms with Gasteiger partial charge in [-0.15, -0.1) is 0 Å². The topological polar surface area (TPSA) is 86.9 Å². The summed E-state index contributed by atoms with van der Waals surface area (Å²) in [5.74, 6) is 0.485.